The summed E-state index contributed by atoms with van der Waals surface area (Å²) in [5.41, 5.74) is 1.54. The molecule has 1 aliphatic heterocycles. The van der Waals surface area contributed by atoms with Crippen molar-refractivity contribution in [3.05, 3.63) is 28.8 Å². The minimum absolute atomic E-state index is 0.502. The summed E-state index contributed by atoms with van der Waals surface area (Å²) >= 11 is 6.06. The van der Waals surface area contributed by atoms with Gasteiger partial charge in [0.1, 0.15) is 6.07 Å². The van der Waals surface area contributed by atoms with E-state index in [1.807, 2.05) is 12.1 Å². The van der Waals surface area contributed by atoms with Gasteiger partial charge >= 0.3 is 0 Å². The van der Waals surface area contributed by atoms with E-state index in [1.165, 1.54) is 6.54 Å². The van der Waals surface area contributed by atoms with E-state index in [-0.39, 0.29) is 0 Å². The number of rotatable bonds is 4. The van der Waals surface area contributed by atoms with Gasteiger partial charge in [-0.2, -0.15) is 5.26 Å². The number of nitrogens with zero attached hydrogens (tertiary/aromatic N) is 2. The summed E-state index contributed by atoms with van der Waals surface area (Å²) in [6.45, 7) is 8.03. The standard InChI is InChI=1S/C16H22ClN3/c1-12(2)11-20-7-5-14(6-8-20)19-15-4-3-13(10-18)16(17)9-15/h3-4,9,12,14,19H,5-8,11H2,1-2H3. The van der Waals surface area contributed by atoms with Crippen molar-refractivity contribution < 1.29 is 0 Å². The maximum Gasteiger partial charge on any atom is 0.101 e. The molecule has 0 saturated carbocycles. The molecule has 1 heterocycles. The van der Waals surface area contributed by atoms with Gasteiger partial charge in [0.05, 0.1) is 10.6 Å². The van der Waals surface area contributed by atoms with E-state index < -0.39 is 0 Å². The molecule has 0 amide bonds. The number of hydrogen-bond donors (Lipinski definition) is 1. The lowest BCUT2D eigenvalue weighted by atomic mass is 10.0. The molecule has 1 N–H and O–H groups in total. The topological polar surface area (TPSA) is 39.1 Å². The van der Waals surface area contributed by atoms with Gasteiger partial charge < -0.3 is 10.2 Å². The van der Waals surface area contributed by atoms with Crippen LogP contribution in [-0.2, 0) is 0 Å². The predicted molar refractivity (Wildman–Crippen MR) is 84.1 cm³/mol. The van der Waals surface area contributed by atoms with Crippen LogP contribution in [0, 0.1) is 17.2 Å². The van der Waals surface area contributed by atoms with Crippen molar-refractivity contribution in [2.45, 2.75) is 32.7 Å². The molecule has 20 heavy (non-hydrogen) atoms. The average Bonchev–Trinajstić information content (AvgIpc) is 2.41. The van der Waals surface area contributed by atoms with E-state index in [0.717, 1.165) is 37.5 Å². The molecule has 0 unspecified atom stereocenters. The van der Waals surface area contributed by atoms with E-state index in [2.05, 4.69) is 30.1 Å². The molecule has 0 bridgehead atoms. The zero-order chi connectivity index (χ0) is 14.5. The number of halogens is 1. The Kier molecular flexibility index (Phi) is 5.28. The highest BCUT2D eigenvalue weighted by Gasteiger charge is 2.19. The van der Waals surface area contributed by atoms with Crippen LogP contribution in [0.2, 0.25) is 5.02 Å². The molecule has 108 valence electrons. The van der Waals surface area contributed by atoms with Crippen LogP contribution >= 0.6 is 11.6 Å². The number of nitriles is 1. The predicted octanol–water partition coefficient (Wildman–Crippen LogP) is 3.74. The average molecular weight is 292 g/mol. The van der Waals surface area contributed by atoms with Crippen LogP contribution in [-0.4, -0.2) is 30.6 Å². The number of anilines is 1. The molecule has 1 aromatic rings. The molecule has 0 aliphatic carbocycles. The van der Waals surface area contributed by atoms with Crippen LogP contribution < -0.4 is 5.32 Å². The van der Waals surface area contributed by atoms with Gasteiger partial charge in [0, 0.05) is 31.4 Å². The summed E-state index contributed by atoms with van der Waals surface area (Å²) in [5.74, 6) is 0.733. The molecular weight excluding hydrogens is 270 g/mol. The van der Waals surface area contributed by atoms with Crippen LogP contribution in [0.5, 0.6) is 0 Å². The quantitative estimate of drug-likeness (QED) is 0.918. The molecular formula is C16H22ClN3. The second-order valence-electron chi connectivity index (χ2n) is 5.92. The molecule has 0 radical (unpaired) electrons. The van der Waals surface area contributed by atoms with Crippen LogP contribution in [0.1, 0.15) is 32.3 Å². The Morgan fingerprint density at radius 1 is 1.40 bits per heavy atom. The third kappa shape index (κ3) is 4.13. The summed E-state index contributed by atoms with van der Waals surface area (Å²) in [4.78, 5) is 2.54. The number of nitrogens with one attached hydrogen (secondary N) is 1. The van der Waals surface area contributed by atoms with Gasteiger partial charge in [-0.25, -0.2) is 0 Å². The number of likely N-dealkylation sites (tertiary alicyclic amines) is 1. The Labute approximate surface area is 126 Å². The zero-order valence-electron chi connectivity index (χ0n) is 12.2. The largest absolute Gasteiger partial charge is 0.382 e. The summed E-state index contributed by atoms with van der Waals surface area (Å²) in [7, 11) is 0. The number of piperidine rings is 1. The first-order valence-electron chi connectivity index (χ1n) is 7.27. The van der Waals surface area contributed by atoms with Crippen LogP contribution in [0.25, 0.3) is 0 Å². The van der Waals surface area contributed by atoms with Crippen LogP contribution in [0.4, 0.5) is 5.69 Å². The smallest absolute Gasteiger partial charge is 0.101 e. The first-order chi connectivity index (χ1) is 9.58. The fourth-order valence-electron chi connectivity index (χ4n) is 2.71. The highest BCUT2D eigenvalue weighted by atomic mass is 35.5. The Balaban J connectivity index is 1.87. The molecule has 0 aromatic heterocycles. The lowest BCUT2D eigenvalue weighted by Crippen LogP contribution is -2.40. The molecule has 0 spiro atoms. The number of hydrogen-bond acceptors (Lipinski definition) is 3. The molecule has 1 fully saturated rings. The maximum atomic E-state index is 8.87. The summed E-state index contributed by atoms with van der Waals surface area (Å²) in [5, 5.41) is 12.9. The molecule has 1 aromatic carbocycles. The van der Waals surface area contributed by atoms with Gasteiger partial charge in [0.25, 0.3) is 0 Å². The minimum Gasteiger partial charge on any atom is -0.382 e. The third-order valence-electron chi connectivity index (χ3n) is 3.67. The zero-order valence-corrected chi connectivity index (χ0v) is 13.0. The summed E-state index contributed by atoms with van der Waals surface area (Å²) in [6, 6.07) is 8.15. The highest BCUT2D eigenvalue weighted by Crippen LogP contribution is 2.23. The van der Waals surface area contributed by atoms with Crippen molar-refractivity contribution in [1.29, 1.82) is 5.26 Å². The van der Waals surface area contributed by atoms with E-state index in [1.54, 1.807) is 6.07 Å². The van der Waals surface area contributed by atoms with Crippen molar-refractivity contribution in [2.24, 2.45) is 5.92 Å². The lowest BCUT2D eigenvalue weighted by Gasteiger charge is -2.33. The SMILES string of the molecule is CC(C)CN1CCC(Nc2ccc(C#N)c(Cl)c2)CC1. The van der Waals surface area contributed by atoms with Crippen LogP contribution in [0.3, 0.4) is 0 Å². The third-order valence-corrected chi connectivity index (χ3v) is 3.98. The van der Waals surface area contributed by atoms with Crippen LogP contribution in [0.15, 0.2) is 18.2 Å². The first-order valence-corrected chi connectivity index (χ1v) is 7.65. The van der Waals surface area contributed by atoms with Crippen molar-refractivity contribution >= 4 is 17.3 Å². The second-order valence-corrected chi connectivity index (χ2v) is 6.33. The van der Waals surface area contributed by atoms with Crippen molar-refractivity contribution in [2.75, 3.05) is 25.0 Å². The highest BCUT2D eigenvalue weighted by molar-refractivity contribution is 6.32. The van der Waals surface area contributed by atoms with E-state index >= 15 is 0 Å². The monoisotopic (exact) mass is 291 g/mol. The number of benzene rings is 1. The molecule has 4 heteroatoms. The van der Waals surface area contributed by atoms with Gasteiger partial charge in [-0.15, -0.1) is 0 Å². The summed E-state index contributed by atoms with van der Waals surface area (Å²) in [6.07, 6.45) is 2.31. The fourth-order valence-corrected chi connectivity index (χ4v) is 2.93. The van der Waals surface area contributed by atoms with Gasteiger partial charge in [-0.05, 0) is 37.0 Å². The molecule has 1 saturated heterocycles. The van der Waals surface area contributed by atoms with E-state index in [9.17, 15) is 0 Å². The van der Waals surface area contributed by atoms with Gasteiger partial charge in [-0.1, -0.05) is 25.4 Å². The minimum atomic E-state index is 0.502. The molecule has 3 nitrogen and oxygen atoms in total. The van der Waals surface area contributed by atoms with E-state index in [0.29, 0.717) is 16.6 Å². The molecule has 2 rings (SSSR count). The molecule has 1 aliphatic rings. The Hall–Kier alpha value is -1.24. The lowest BCUT2D eigenvalue weighted by molar-refractivity contribution is 0.198. The van der Waals surface area contributed by atoms with E-state index in [4.69, 9.17) is 16.9 Å². The van der Waals surface area contributed by atoms with Gasteiger partial charge in [0.15, 0.2) is 0 Å². The Morgan fingerprint density at radius 2 is 2.10 bits per heavy atom. The summed E-state index contributed by atoms with van der Waals surface area (Å²) < 4.78 is 0. The first kappa shape index (κ1) is 15.2. The normalized spacial score (nSPS) is 17.1. The fraction of sp³-hybridized carbons (Fsp3) is 0.562. The maximum absolute atomic E-state index is 8.87. The Bertz CT molecular complexity index is 485. The second kappa shape index (κ2) is 6.97. The van der Waals surface area contributed by atoms with Crippen molar-refractivity contribution in [3.63, 3.8) is 0 Å². The molecule has 0 atom stereocenters. The van der Waals surface area contributed by atoms with Gasteiger partial charge in [-0.3, -0.25) is 0 Å². The Morgan fingerprint density at radius 3 is 2.65 bits per heavy atom. The van der Waals surface area contributed by atoms with Gasteiger partial charge in [0.2, 0.25) is 0 Å². The van der Waals surface area contributed by atoms with Crippen molar-refractivity contribution in [1.82, 2.24) is 4.90 Å². The van der Waals surface area contributed by atoms with Crippen molar-refractivity contribution in [3.8, 4) is 6.07 Å².